The number of benzene rings is 1. The molecule has 26 heavy (non-hydrogen) atoms. The van der Waals surface area contributed by atoms with E-state index < -0.39 is 23.5 Å². The Balaban J connectivity index is 1.61. The fourth-order valence-corrected chi connectivity index (χ4v) is 2.62. The number of anilines is 1. The molecule has 3 rings (SSSR count). The average molecular weight is 365 g/mol. The zero-order valence-corrected chi connectivity index (χ0v) is 14.0. The number of hydrogen-bond donors (Lipinski definition) is 2. The Bertz CT molecular complexity index is 860. The molecule has 1 fully saturated rings. The lowest BCUT2D eigenvalue weighted by Gasteiger charge is -2.30. The van der Waals surface area contributed by atoms with Gasteiger partial charge in [-0.05, 0) is 29.5 Å². The number of nitrogens with zero attached hydrogens (tertiary/aromatic N) is 2. The number of amides is 2. The third-order valence-electron chi connectivity index (χ3n) is 4.02. The second-order valence-corrected chi connectivity index (χ2v) is 5.86. The SMILES string of the molecule is C[n+]1[nH]oc(=O)c1CN1CCOC(CC(=O)Nc2ccc(F)cc2)C1=O. The molecular formula is C16H18FN4O5+. The minimum absolute atomic E-state index is 0.0562. The number of aryl methyl sites for hydroxylation is 1. The Kier molecular flexibility index (Phi) is 5.12. The lowest BCUT2D eigenvalue weighted by Crippen LogP contribution is -2.50. The molecule has 1 aliphatic heterocycles. The van der Waals surface area contributed by atoms with E-state index in [2.05, 4.69) is 15.1 Å². The van der Waals surface area contributed by atoms with E-state index in [1.807, 2.05) is 0 Å². The van der Waals surface area contributed by atoms with Gasteiger partial charge in [-0.3, -0.25) is 14.1 Å². The van der Waals surface area contributed by atoms with Crippen LogP contribution in [0.25, 0.3) is 0 Å². The Morgan fingerprint density at radius 2 is 2.12 bits per heavy atom. The largest absolute Gasteiger partial charge is 0.431 e. The second kappa shape index (κ2) is 7.48. The number of hydrogen-bond acceptors (Lipinski definition) is 5. The van der Waals surface area contributed by atoms with Crippen molar-refractivity contribution >= 4 is 17.5 Å². The van der Waals surface area contributed by atoms with E-state index >= 15 is 0 Å². The molecule has 138 valence electrons. The summed E-state index contributed by atoms with van der Waals surface area (Å²) in [5.41, 5.74) is 0.153. The third-order valence-corrected chi connectivity index (χ3v) is 4.02. The summed E-state index contributed by atoms with van der Waals surface area (Å²) in [5.74, 6) is -1.22. The third kappa shape index (κ3) is 3.97. The minimum Gasteiger partial charge on any atom is -0.366 e. The van der Waals surface area contributed by atoms with Crippen LogP contribution in [0.4, 0.5) is 10.1 Å². The summed E-state index contributed by atoms with van der Waals surface area (Å²) in [7, 11) is 1.60. The molecule has 2 amide bonds. The van der Waals surface area contributed by atoms with Crippen molar-refractivity contribution in [3.63, 3.8) is 0 Å². The van der Waals surface area contributed by atoms with Gasteiger partial charge >= 0.3 is 11.3 Å². The summed E-state index contributed by atoms with van der Waals surface area (Å²) in [6.07, 6.45) is -1.12. The molecule has 0 bridgehead atoms. The second-order valence-electron chi connectivity index (χ2n) is 5.86. The van der Waals surface area contributed by atoms with Crippen molar-refractivity contribution in [1.29, 1.82) is 0 Å². The monoisotopic (exact) mass is 365 g/mol. The molecule has 1 unspecified atom stereocenters. The first-order valence-corrected chi connectivity index (χ1v) is 7.96. The first kappa shape index (κ1) is 17.8. The van der Waals surface area contributed by atoms with Crippen molar-refractivity contribution in [2.24, 2.45) is 7.05 Å². The summed E-state index contributed by atoms with van der Waals surface area (Å²) in [5, 5.41) is 4.97. The van der Waals surface area contributed by atoms with E-state index in [-0.39, 0.29) is 31.2 Å². The quantitative estimate of drug-likeness (QED) is 0.707. The molecule has 1 saturated heterocycles. The molecule has 0 aliphatic carbocycles. The Labute approximate surface area is 147 Å². The topological polar surface area (TPSA) is 109 Å². The number of aromatic nitrogens is 2. The van der Waals surface area contributed by atoms with Crippen molar-refractivity contribution < 1.29 is 27.9 Å². The highest BCUT2D eigenvalue weighted by Crippen LogP contribution is 2.14. The molecular weight excluding hydrogens is 347 g/mol. The lowest BCUT2D eigenvalue weighted by atomic mass is 10.1. The fourth-order valence-electron chi connectivity index (χ4n) is 2.62. The molecule has 0 spiro atoms. The zero-order valence-electron chi connectivity index (χ0n) is 14.0. The number of carbonyl (C=O) groups is 2. The fraction of sp³-hybridized carbons (Fsp3) is 0.375. The Morgan fingerprint density at radius 1 is 1.38 bits per heavy atom. The van der Waals surface area contributed by atoms with Crippen LogP contribution >= 0.6 is 0 Å². The van der Waals surface area contributed by atoms with Crippen LogP contribution < -0.4 is 15.6 Å². The van der Waals surface area contributed by atoms with Crippen LogP contribution in [0, 0.1) is 5.82 Å². The van der Waals surface area contributed by atoms with Gasteiger partial charge in [0.1, 0.15) is 18.5 Å². The van der Waals surface area contributed by atoms with Gasteiger partial charge in [-0.25, -0.2) is 9.18 Å². The van der Waals surface area contributed by atoms with Crippen LogP contribution in [-0.4, -0.2) is 41.2 Å². The van der Waals surface area contributed by atoms with Gasteiger partial charge in [0.15, 0.2) is 7.05 Å². The zero-order chi connectivity index (χ0) is 18.7. The maximum absolute atomic E-state index is 12.9. The van der Waals surface area contributed by atoms with Crippen molar-refractivity contribution in [2.75, 3.05) is 18.5 Å². The smallest absolute Gasteiger partial charge is 0.366 e. The standard InChI is InChI=1S/C16H17FN4O5/c1-20-12(16(24)26-19-20)9-21-6-7-25-13(15(21)23)8-14(22)18-11-4-2-10(17)3-5-11/h2-5,13H,6-9H2,1H3,(H-,18,19,22,24)/p+1. The normalized spacial score (nSPS) is 17.4. The molecule has 2 N–H and O–H groups in total. The highest BCUT2D eigenvalue weighted by Gasteiger charge is 2.34. The maximum Gasteiger partial charge on any atom is 0.431 e. The van der Waals surface area contributed by atoms with E-state index in [9.17, 15) is 18.8 Å². The molecule has 1 aliphatic rings. The highest BCUT2D eigenvalue weighted by atomic mass is 19.1. The van der Waals surface area contributed by atoms with Gasteiger partial charge in [0.05, 0.1) is 13.0 Å². The van der Waals surface area contributed by atoms with Gasteiger partial charge in [0.25, 0.3) is 5.91 Å². The lowest BCUT2D eigenvalue weighted by molar-refractivity contribution is -0.746. The van der Waals surface area contributed by atoms with Crippen LogP contribution in [0.3, 0.4) is 0 Å². The van der Waals surface area contributed by atoms with E-state index in [0.717, 1.165) is 0 Å². The van der Waals surface area contributed by atoms with Crippen molar-refractivity contribution in [2.45, 2.75) is 19.1 Å². The highest BCUT2D eigenvalue weighted by molar-refractivity contribution is 5.95. The summed E-state index contributed by atoms with van der Waals surface area (Å²) in [6.45, 7) is 0.611. The molecule has 2 aromatic rings. The van der Waals surface area contributed by atoms with Crippen LogP contribution in [0.15, 0.2) is 33.6 Å². The molecule has 1 aromatic heterocycles. The van der Waals surface area contributed by atoms with Gasteiger partial charge in [-0.1, -0.05) is 4.68 Å². The first-order valence-electron chi connectivity index (χ1n) is 7.96. The molecule has 1 atom stereocenters. The number of morpholine rings is 1. The van der Waals surface area contributed by atoms with Gasteiger partial charge in [-0.15, -0.1) is 0 Å². The number of H-pyrrole nitrogens is 1. The summed E-state index contributed by atoms with van der Waals surface area (Å²) in [4.78, 5) is 37.7. The summed E-state index contributed by atoms with van der Waals surface area (Å²) in [6, 6.07) is 5.30. The van der Waals surface area contributed by atoms with Crippen molar-refractivity contribution in [3.05, 3.63) is 46.2 Å². The van der Waals surface area contributed by atoms with Crippen LogP contribution in [-0.2, 0) is 27.9 Å². The number of rotatable bonds is 5. The minimum atomic E-state index is -0.944. The van der Waals surface area contributed by atoms with E-state index in [1.165, 1.54) is 33.8 Å². The molecule has 0 saturated carbocycles. The first-order chi connectivity index (χ1) is 12.4. The van der Waals surface area contributed by atoms with Gasteiger partial charge in [-0.2, -0.15) is 0 Å². The van der Waals surface area contributed by atoms with Crippen molar-refractivity contribution in [3.8, 4) is 0 Å². The number of halogens is 1. The van der Waals surface area contributed by atoms with Gasteiger partial charge < -0.3 is 15.0 Å². The van der Waals surface area contributed by atoms with E-state index in [0.29, 0.717) is 12.2 Å². The number of ether oxygens (including phenoxy) is 1. The van der Waals surface area contributed by atoms with Crippen LogP contribution in [0.2, 0.25) is 0 Å². The van der Waals surface area contributed by atoms with Crippen molar-refractivity contribution in [1.82, 2.24) is 10.2 Å². The van der Waals surface area contributed by atoms with Gasteiger partial charge in [0.2, 0.25) is 5.91 Å². The van der Waals surface area contributed by atoms with E-state index in [4.69, 9.17) is 4.74 Å². The van der Waals surface area contributed by atoms with E-state index in [1.54, 1.807) is 7.05 Å². The molecule has 0 radical (unpaired) electrons. The van der Waals surface area contributed by atoms with Crippen LogP contribution in [0.1, 0.15) is 12.1 Å². The summed E-state index contributed by atoms with van der Waals surface area (Å²) < 4.78 is 24.3. The van der Waals surface area contributed by atoms with Gasteiger partial charge in [0, 0.05) is 12.2 Å². The summed E-state index contributed by atoms with van der Waals surface area (Å²) >= 11 is 0. The maximum atomic E-state index is 12.9. The molecule has 9 nitrogen and oxygen atoms in total. The number of aromatic amines is 1. The molecule has 1 aromatic carbocycles. The Morgan fingerprint density at radius 3 is 2.77 bits per heavy atom. The predicted molar refractivity (Wildman–Crippen MR) is 85.3 cm³/mol. The van der Waals surface area contributed by atoms with Crippen LogP contribution in [0.5, 0.6) is 0 Å². The average Bonchev–Trinajstić information content (AvgIpc) is 2.92. The number of carbonyl (C=O) groups excluding carboxylic acids is 2. The predicted octanol–water partition coefficient (Wildman–Crippen LogP) is -0.312. The number of nitrogens with one attached hydrogen (secondary N) is 2. The molecule has 2 heterocycles. The Hall–Kier alpha value is -3.01. The molecule has 10 heteroatoms.